The van der Waals surface area contributed by atoms with E-state index in [1.54, 1.807) is 35.2 Å². The van der Waals surface area contributed by atoms with Crippen molar-refractivity contribution in [1.82, 2.24) is 4.90 Å². The number of carbonyl (C=O) groups excluding carboxylic acids is 2. The molecule has 152 valence electrons. The fourth-order valence-electron chi connectivity index (χ4n) is 3.05. The van der Waals surface area contributed by atoms with Crippen LogP contribution in [0, 0.1) is 12.7 Å². The third-order valence-corrected chi connectivity index (χ3v) is 5.18. The monoisotopic (exact) mass is 416 g/mol. The number of piperazine rings is 1. The Labute approximate surface area is 174 Å². The number of esters is 1. The molecule has 0 radical (unpaired) electrons. The van der Waals surface area contributed by atoms with E-state index in [0.29, 0.717) is 36.9 Å². The molecule has 1 saturated heterocycles. The SMILES string of the molecule is Cc1ccc(/C=C/C(=O)OCC(=O)N2CCN(c3ccccc3F)CC2)cc1Cl. The number of amides is 1. The summed E-state index contributed by atoms with van der Waals surface area (Å²) in [6, 6.07) is 12.0. The Kier molecular flexibility index (Phi) is 6.88. The molecule has 2 aromatic rings. The van der Waals surface area contributed by atoms with Gasteiger partial charge in [-0.25, -0.2) is 9.18 Å². The number of anilines is 1. The predicted molar refractivity (Wildman–Crippen MR) is 111 cm³/mol. The molecule has 0 bridgehead atoms. The number of para-hydroxylation sites is 1. The number of benzene rings is 2. The van der Waals surface area contributed by atoms with Crippen molar-refractivity contribution in [2.24, 2.45) is 0 Å². The summed E-state index contributed by atoms with van der Waals surface area (Å²) in [6.45, 7) is 3.51. The predicted octanol–water partition coefficient (Wildman–Crippen LogP) is 3.69. The molecule has 3 rings (SSSR count). The van der Waals surface area contributed by atoms with Crippen LogP contribution in [0.1, 0.15) is 11.1 Å². The maximum absolute atomic E-state index is 13.9. The van der Waals surface area contributed by atoms with Crippen LogP contribution in [-0.2, 0) is 14.3 Å². The van der Waals surface area contributed by atoms with E-state index < -0.39 is 5.97 Å². The standard InChI is InChI=1S/C22H22ClFN2O3/c1-16-6-7-17(14-18(16)23)8-9-22(28)29-15-21(27)26-12-10-25(11-13-26)20-5-3-2-4-19(20)24/h2-9,14H,10-13,15H2,1H3/b9-8+. The Hall–Kier alpha value is -2.86. The summed E-state index contributed by atoms with van der Waals surface area (Å²) < 4.78 is 18.9. The van der Waals surface area contributed by atoms with Crippen molar-refractivity contribution < 1.29 is 18.7 Å². The van der Waals surface area contributed by atoms with Gasteiger partial charge in [-0.05, 0) is 42.3 Å². The van der Waals surface area contributed by atoms with Crippen LogP contribution in [0.3, 0.4) is 0 Å². The molecule has 1 aliphatic heterocycles. The number of halogens is 2. The van der Waals surface area contributed by atoms with Gasteiger partial charge in [0, 0.05) is 37.3 Å². The van der Waals surface area contributed by atoms with Gasteiger partial charge in [-0.15, -0.1) is 0 Å². The fraction of sp³-hybridized carbons (Fsp3) is 0.273. The van der Waals surface area contributed by atoms with E-state index in [2.05, 4.69) is 0 Å². The average Bonchev–Trinajstić information content (AvgIpc) is 2.73. The van der Waals surface area contributed by atoms with Gasteiger partial charge in [0.15, 0.2) is 6.61 Å². The van der Waals surface area contributed by atoms with E-state index >= 15 is 0 Å². The second-order valence-electron chi connectivity index (χ2n) is 6.77. The summed E-state index contributed by atoms with van der Waals surface area (Å²) in [7, 11) is 0. The van der Waals surface area contributed by atoms with E-state index in [1.165, 1.54) is 12.1 Å². The molecular formula is C22H22ClFN2O3. The lowest BCUT2D eigenvalue weighted by atomic mass is 10.1. The largest absolute Gasteiger partial charge is 0.452 e. The molecule has 1 heterocycles. The van der Waals surface area contributed by atoms with Crippen LogP contribution in [0.25, 0.3) is 6.08 Å². The van der Waals surface area contributed by atoms with Crippen molar-refractivity contribution in [2.75, 3.05) is 37.7 Å². The molecule has 29 heavy (non-hydrogen) atoms. The number of aryl methyl sites for hydroxylation is 1. The maximum atomic E-state index is 13.9. The molecule has 0 aliphatic carbocycles. The normalized spacial score (nSPS) is 14.3. The first-order chi connectivity index (χ1) is 13.9. The van der Waals surface area contributed by atoms with Gasteiger partial charge in [-0.1, -0.05) is 35.9 Å². The highest BCUT2D eigenvalue weighted by molar-refractivity contribution is 6.31. The van der Waals surface area contributed by atoms with E-state index in [4.69, 9.17) is 16.3 Å². The molecular weight excluding hydrogens is 395 g/mol. The van der Waals surface area contributed by atoms with Crippen LogP contribution in [0.2, 0.25) is 5.02 Å². The van der Waals surface area contributed by atoms with Gasteiger partial charge in [0.1, 0.15) is 5.82 Å². The van der Waals surface area contributed by atoms with Gasteiger partial charge in [0.25, 0.3) is 5.91 Å². The quantitative estimate of drug-likeness (QED) is 0.551. The van der Waals surface area contributed by atoms with Gasteiger partial charge in [-0.2, -0.15) is 0 Å². The number of hydrogen-bond donors (Lipinski definition) is 0. The summed E-state index contributed by atoms with van der Waals surface area (Å²) in [5.41, 5.74) is 2.26. The van der Waals surface area contributed by atoms with Crippen molar-refractivity contribution >= 4 is 35.2 Å². The number of nitrogens with zero attached hydrogens (tertiary/aromatic N) is 2. The number of ether oxygens (including phenoxy) is 1. The summed E-state index contributed by atoms with van der Waals surface area (Å²) in [4.78, 5) is 27.7. The lowest BCUT2D eigenvalue weighted by molar-refractivity contribution is -0.148. The first-order valence-corrected chi connectivity index (χ1v) is 9.70. The summed E-state index contributed by atoms with van der Waals surface area (Å²) in [6.07, 6.45) is 2.86. The fourth-order valence-corrected chi connectivity index (χ4v) is 3.24. The first-order valence-electron chi connectivity index (χ1n) is 9.32. The maximum Gasteiger partial charge on any atom is 0.331 e. The van der Waals surface area contributed by atoms with Crippen LogP contribution in [0.5, 0.6) is 0 Å². The van der Waals surface area contributed by atoms with E-state index in [9.17, 15) is 14.0 Å². The van der Waals surface area contributed by atoms with Crippen LogP contribution < -0.4 is 4.90 Å². The molecule has 5 nitrogen and oxygen atoms in total. The summed E-state index contributed by atoms with van der Waals surface area (Å²) >= 11 is 6.05. The smallest absolute Gasteiger partial charge is 0.331 e. The molecule has 7 heteroatoms. The average molecular weight is 417 g/mol. The van der Waals surface area contributed by atoms with Gasteiger partial charge in [0.2, 0.25) is 0 Å². The van der Waals surface area contributed by atoms with Gasteiger partial charge in [0.05, 0.1) is 5.69 Å². The molecule has 2 aromatic carbocycles. The highest BCUT2D eigenvalue weighted by atomic mass is 35.5. The van der Waals surface area contributed by atoms with E-state index in [-0.39, 0.29) is 18.3 Å². The molecule has 0 N–H and O–H groups in total. The first kappa shape index (κ1) is 20.9. The molecule has 0 aromatic heterocycles. The molecule has 0 atom stereocenters. The van der Waals surface area contributed by atoms with Crippen LogP contribution in [0.15, 0.2) is 48.5 Å². The summed E-state index contributed by atoms with van der Waals surface area (Å²) in [5, 5.41) is 0.616. The third-order valence-electron chi connectivity index (χ3n) is 4.77. The second kappa shape index (κ2) is 9.56. The Balaban J connectivity index is 1.45. The highest BCUT2D eigenvalue weighted by Gasteiger charge is 2.23. The minimum absolute atomic E-state index is 0.265. The second-order valence-corrected chi connectivity index (χ2v) is 7.18. The Morgan fingerprint density at radius 2 is 1.86 bits per heavy atom. The van der Waals surface area contributed by atoms with Gasteiger partial charge >= 0.3 is 5.97 Å². The Morgan fingerprint density at radius 3 is 2.55 bits per heavy atom. The lowest BCUT2D eigenvalue weighted by Crippen LogP contribution is -2.50. The number of hydrogen-bond acceptors (Lipinski definition) is 4. The topological polar surface area (TPSA) is 49.9 Å². The van der Waals surface area contributed by atoms with Crippen LogP contribution in [0.4, 0.5) is 10.1 Å². The highest BCUT2D eigenvalue weighted by Crippen LogP contribution is 2.20. The van der Waals surface area contributed by atoms with E-state index in [0.717, 1.165) is 11.1 Å². The van der Waals surface area contributed by atoms with Crippen molar-refractivity contribution in [3.05, 3.63) is 70.5 Å². The van der Waals surface area contributed by atoms with E-state index in [1.807, 2.05) is 24.0 Å². The van der Waals surface area contributed by atoms with Gasteiger partial charge < -0.3 is 14.5 Å². The van der Waals surface area contributed by atoms with Crippen molar-refractivity contribution in [1.29, 1.82) is 0 Å². The lowest BCUT2D eigenvalue weighted by Gasteiger charge is -2.36. The van der Waals surface area contributed by atoms with Crippen molar-refractivity contribution in [2.45, 2.75) is 6.92 Å². The summed E-state index contributed by atoms with van der Waals surface area (Å²) in [5.74, 6) is -1.14. The number of carbonyl (C=O) groups is 2. The van der Waals surface area contributed by atoms with Crippen LogP contribution in [-0.4, -0.2) is 49.6 Å². The molecule has 0 unspecified atom stereocenters. The number of rotatable bonds is 5. The molecule has 0 spiro atoms. The van der Waals surface area contributed by atoms with Crippen LogP contribution >= 0.6 is 11.6 Å². The Morgan fingerprint density at radius 1 is 1.14 bits per heavy atom. The minimum atomic E-state index is -0.597. The zero-order chi connectivity index (χ0) is 20.8. The van der Waals surface area contributed by atoms with Gasteiger partial charge in [-0.3, -0.25) is 4.79 Å². The third kappa shape index (κ3) is 5.57. The zero-order valence-corrected chi connectivity index (χ0v) is 16.9. The molecule has 1 amide bonds. The molecule has 1 fully saturated rings. The minimum Gasteiger partial charge on any atom is -0.452 e. The van der Waals surface area contributed by atoms with Crippen molar-refractivity contribution in [3.8, 4) is 0 Å². The molecule has 0 saturated carbocycles. The molecule has 1 aliphatic rings. The Bertz CT molecular complexity index is 924. The zero-order valence-electron chi connectivity index (χ0n) is 16.1. The van der Waals surface area contributed by atoms with Crippen molar-refractivity contribution in [3.63, 3.8) is 0 Å².